The number of benzene rings is 1. The average molecular weight is 323 g/mol. The second kappa shape index (κ2) is 6.49. The monoisotopic (exact) mass is 323 g/mol. The van der Waals surface area contributed by atoms with Crippen molar-refractivity contribution in [3.63, 3.8) is 0 Å². The maximum Gasteiger partial charge on any atom is 0.337 e. The van der Waals surface area contributed by atoms with Gasteiger partial charge in [-0.1, -0.05) is 0 Å². The molecule has 122 valence electrons. The van der Waals surface area contributed by atoms with Gasteiger partial charge in [0, 0.05) is 22.6 Å². The lowest BCUT2D eigenvalue weighted by atomic mass is 10.2. The molecule has 0 spiro atoms. The predicted molar refractivity (Wildman–Crippen MR) is 89.6 cm³/mol. The van der Waals surface area contributed by atoms with E-state index in [4.69, 9.17) is 4.74 Å². The number of aryl methyl sites for hydroxylation is 1. The Morgan fingerprint density at radius 1 is 1.17 bits per heavy atom. The Hall–Kier alpha value is -3.22. The molecule has 0 radical (unpaired) electrons. The molecule has 3 aromatic rings. The molecule has 0 aliphatic carbocycles. The van der Waals surface area contributed by atoms with Gasteiger partial charge < -0.3 is 9.30 Å². The fraction of sp³-hybridized carbons (Fsp3) is 0.176. The van der Waals surface area contributed by atoms with Gasteiger partial charge in [0.25, 0.3) is 0 Å². The first-order chi connectivity index (χ1) is 11.6. The van der Waals surface area contributed by atoms with Crippen LogP contribution in [0.25, 0.3) is 5.69 Å². The van der Waals surface area contributed by atoms with E-state index in [9.17, 15) is 4.79 Å². The van der Waals surface area contributed by atoms with Gasteiger partial charge in [-0.3, -0.25) is 0 Å². The van der Waals surface area contributed by atoms with Crippen molar-refractivity contribution in [1.82, 2.24) is 19.4 Å². The highest BCUT2D eigenvalue weighted by molar-refractivity contribution is 5.89. The van der Waals surface area contributed by atoms with Gasteiger partial charge in [0.05, 0.1) is 18.9 Å². The van der Waals surface area contributed by atoms with Crippen LogP contribution in [0.1, 0.15) is 27.3 Å². The first-order valence-electron chi connectivity index (χ1n) is 7.37. The third kappa shape index (κ3) is 2.96. The Labute approximate surface area is 139 Å². The molecule has 0 bridgehead atoms. The number of rotatable bonds is 4. The highest BCUT2D eigenvalue weighted by Crippen LogP contribution is 2.20. The van der Waals surface area contributed by atoms with E-state index in [1.54, 1.807) is 18.3 Å². The van der Waals surface area contributed by atoms with Crippen molar-refractivity contribution in [3.8, 4) is 5.69 Å². The molecular weight excluding hydrogens is 306 g/mol. The maximum atomic E-state index is 11.5. The largest absolute Gasteiger partial charge is 0.465 e. The standard InChI is InChI=1S/C17H17N5O2/c1-12-8-15(9-20-21-10-18-19-11-21)13(2)22(12)16-6-4-14(5-7-16)17(23)24-3/h4-11H,1-3H3. The molecule has 0 unspecified atom stereocenters. The third-order valence-corrected chi connectivity index (χ3v) is 3.75. The number of methoxy groups -OCH3 is 1. The second-order valence-electron chi connectivity index (χ2n) is 5.29. The molecule has 0 saturated heterocycles. The summed E-state index contributed by atoms with van der Waals surface area (Å²) in [7, 11) is 1.37. The second-order valence-corrected chi connectivity index (χ2v) is 5.29. The lowest BCUT2D eigenvalue weighted by molar-refractivity contribution is 0.0601. The minimum Gasteiger partial charge on any atom is -0.465 e. The van der Waals surface area contributed by atoms with Crippen LogP contribution in [0.15, 0.2) is 48.1 Å². The third-order valence-electron chi connectivity index (χ3n) is 3.75. The fourth-order valence-corrected chi connectivity index (χ4v) is 2.56. The topological polar surface area (TPSA) is 74.3 Å². The van der Waals surface area contributed by atoms with Crippen molar-refractivity contribution in [3.05, 3.63) is 65.5 Å². The lowest BCUT2D eigenvalue weighted by Gasteiger charge is -2.10. The predicted octanol–water partition coefficient (Wildman–Crippen LogP) is 2.35. The van der Waals surface area contributed by atoms with Gasteiger partial charge in [0.1, 0.15) is 12.7 Å². The quantitative estimate of drug-likeness (QED) is 0.546. The first kappa shape index (κ1) is 15.7. The molecule has 7 nitrogen and oxygen atoms in total. The van der Waals surface area contributed by atoms with Gasteiger partial charge in [-0.25, -0.2) is 9.47 Å². The van der Waals surface area contributed by atoms with Crippen molar-refractivity contribution in [2.75, 3.05) is 7.11 Å². The zero-order chi connectivity index (χ0) is 17.1. The molecular formula is C17H17N5O2. The van der Waals surface area contributed by atoms with Crippen LogP contribution in [-0.4, -0.2) is 38.7 Å². The van der Waals surface area contributed by atoms with E-state index in [1.807, 2.05) is 26.0 Å². The Balaban J connectivity index is 1.93. The number of ether oxygens (including phenoxy) is 1. The SMILES string of the molecule is COC(=O)c1ccc(-n2c(C)cc(C=Nn3cnnc3)c2C)cc1. The normalized spacial score (nSPS) is 11.1. The van der Waals surface area contributed by atoms with E-state index in [0.717, 1.165) is 22.6 Å². The summed E-state index contributed by atoms with van der Waals surface area (Å²) in [5, 5.41) is 11.7. The van der Waals surface area contributed by atoms with Gasteiger partial charge in [0.2, 0.25) is 0 Å². The summed E-state index contributed by atoms with van der Waals surface area (Å²) in [6.45, 7) is 4.05. The summed E-state index contributed by atoms with van der Waals surface area (Å²) in [6.07, 6.45) is 4.83. The number of nitrogens with zero attached hydrogens (tertiary/aromatic N) is 5. The Kier molecular flexibility index (Phi) is 4.24. The molecule has 0 aliphatic rings. The maximum absolute atomic E-state index is 11.5. The van der Waals surface area contributed by atoms with Gasteiger partial charge in [-0.2, -0.15) is 5.10 Å². The van der Waals surface area contributed by atoms with Crippen LogP contribution >= 0.6 is 0 Å². The molecule has 3 rings (SSSR count). The minimum atomic E-state index is -0.343. The summed E-state index contributed by atoms with van der Waals surface area (Å²) in [4.78, 5) is 11.5. The van der Waals surface area contributed by atoms with E-state index in [-0.39, 0.29) is 5.97 Å². The number of esters is 1. The van der Waals surface area contributed by atoms with Crippen LogP contribution in [0.4, 0.5) is 0 Å². The minimum absolute atomic E-state index is 0.343. The highest BCUT2D eigenvalue weighted by atomic mass is 16.5. The van der Waals surface area contributed by atoms with Crippen molar-refractivity contribution in [1.29, 1.82) is 0 Å². The number of hydrogen-bond acceptors (Lipinski definition) is 5. The number of hydrogen-bond donors (Lipinski definition) is 0. The Bertz CT molecular complexity index is 877. The van der Waals surface area contributed by atoms with Crippen LogP contribution in [0.2, 0.25) is 0 Å². The molecule has 2 heterocycles. The van der Waals surface area contributed by atoms with E-state index in [2.05, 4.69) is 25.9 Å². The molecule has 0 atom stereocenters. The van der Waals surface area contributed by atoms with Crippen molar-refractivity contribution >= 4 is 12.2 Å². The highest BCUT2D eigenvalue weighted by Gasteiger charge is 2.11. The molecule has 0 saturated carbocycles. The molecule has 0 N–H and O–H groups in total. The fourth-order valence-electron chi connectivity index (χ4n) is 2.56. The van der Waals surface area contributed by atoms with E-state index in [0.29, 0.717) is 5.56 Å². The Morgan fingerprint density at radius 3 is 2.46 bits per heavy atom. The summed E-state index contributed by atoms with van der Waals surface area (Å²) in [6, 6.07) is 9.35. The molecule has 0 amide bonds. The van der Waals surface area contributed by atoms with Crippen molar-refractivity contribution < 1.29 is 9.53 Å². The molecule has 2 aromatic heterocycles. The van der Waals surface area contributed by atoms with Crippen LogP contribution in [0, 0.1) is 13.8 Å². The van der Waals surface area contributed by atoms with E-state index < -0.39 is 0 Å². The van der Waals surface area contributed by atoms with E-state index in [1.165, 1.54) is 24.4 Å². The van der Waals surface area contributed by atoms with Crippen LogP contribution < -0.4 is 0 Å². The number of carbonyl (C=O) groups excluding carboxylic acids is 1. The number of carbonyl (C=O) groups is 1. The van der Waals surface area contributed by atoms with Crippen LogP contribution in [0.3, 0.4) is 0 Å². The first-order valence-corrected chi connectivity index (χ1v) is 7.37. The zero-order valence-corrected chi connectivity index (χ0v) is 13.7. The average Bonchev–Trinajstić information content (AvgIpc) is 3.20. The smallest absolute Gasteiger partial charge is 0.337 e. The van der Waals surface area contributed by atoms with Gasteiger partial charge in [-0.15, -0.1) is 10.2 Å². The van der Waals surface area contributed by atoms with Gasteiger partial charge in [-0.05, 0) is 44.2 Å². The summed E-state index contributed by atoms with van der Waals surface area (Å²) in [5.41, 5.74) is 4.62. The molecule has 0 aliphatic heterocycles. The zero-order valence-electron chi connectivity index (χ0n) is 13.7. The van der Waals surface area contributed by atoms with Crippen LogP contribution in [0.5, 0.6) is 0 Å². The summed E-state index contributed by atoms with van der Waals surface area (Å²) < 4.78 is 8.37. The molecule has 1 aromatic carbocycles. The van der Waals surface area contributed by atoms with Crippen molar-refractivity contribution in [2.24, 2.45) is 5.10 Å². The van der Waals surface area contributed by atoms with Crippen LogP contribution in [-0.2, 0) is 4.74 Å². The van der Waals surface area contributed by atoms with Crippen molar-refractivity contribution in [2.45, 2.75) is 13.8 Å². The Morgan fingerprint density at radius 2 is 1.83 bits per heavy atom. The van der Waals surface area contributed by atoms with Gasteiger partial charge >= 0.3 is 5.97 Å². The summed E-state index contributed by atoms with van der Waals surface area (Å²) in [5.74, 6) is -0.343. The lowest BCUT2D eigenvalue weighted by Crippen LogP contribution is -2.03. The molecule has 7 heteroatoms. The molecule has 0 fully saturated rings. The number of aromatic nitrogens is 4. The van der Waals surface area contributed by atoms with E-state index >= 15 is 0 Å². The summed E-state index contributed by atoms with van der Waals surface area (Å²) >= 11 is 0. The van der Waals surface area contributed by atoms with Gasteiger partial charge in [0.15, 0.2) is 0 Å². The molecule has 24 heavy (non-hydrogen) atoms.